The van der Waals surface area contributed by atoms with Gasteiger partial charge in [0.2, 0.25) is 10.0 Å². The summed E-state index contributed by atoms with van der Waals surface area (Å²) in [5, 5.41) is 8.74. The Bertz CT molecular complexity index is 602. The molecule has 0 aromatic heterocycles. The Kier molecular flexibility index (Phi) is 4.34. The van der Waals surface area contributed by atoms with Gasteiger partial charge in [-0.2, -0.15) is 17.0 Å². The van der Waals surface area contributed by atoms with E-state index in [1.807, 2.05) is 17.8 Å². The minimum absolute atomic E-state index is 0.0266. The van der Waals surface area contributed by atoms with Crippen LogP contribution in [0.4, 0.5) is 5.69 Å². The first-order chi connectivity index (χ1) is 9.03. The number of hydrogen-bond donors (Lipinski definition) is 2. The Balaban J connectivity index is 2.22. The second-order valence-corrected chi connectivity index (χ2v) is 7.28. The van der Waals surface area contributed by atoms with Crippen molar-refractivity contribution in [1.82, 2.24) is 4.72 Å². The molecule has 2 rings (SSSR count). The van der Waals surface area contributed by atoms with E-state index < -0.39 is 10.0 Å². The molecule has 0 unspecified atom stereocenters. The zero-order valence-electron chi connectivity index (χ0n) is 10.3. The number of nitrogens with one attached hydrogen (secondary N) is 1. The Labute approximate surface area is 117 Å². The number of thioether (sulfide) groups is 1. The van der Waals surface area contributed by atoms with Crippen molar-refractivity contribution in [3.05, 3.63) is 23.8 Å². The molecular formula is C12H15N3O2S2. The highest BCUT2D eigenvalue weighted by Crippen LogP contribution is 2.22. The van der Waals surface area contributed by atoms with Crippen molar-refractivity contribution in [3.63, 3.8) is 0 Å². The molecule has 102 valence electrons. The lowest BCUT2D eigenvalue weighted by molar-refractivity contribution is 0.529. The van der Waals surface area contributed by atoms with Gasteiger partial charge >= 0.3 is 0 Å². The number of nitrogens with zero attached hydrogens (tertiary/aromatic N) is 1. The van der Waals surface area contributed by atoms with E-state index in [1.165, 1.54) is 18.2 Å². The summed E-state index contributed by atoms with van der Waals surface area (Å²) in [6.07, 6.45) is 1.67. The Morgan fingerprint density at radius 3 is 2.63 bits per heavy atom. The van der Waals surface area contributed by atoms with Gasteiger partial charge in [-0.05, 0) is 42.5 Å². The molecule has 5 nitrogen and oxygen atoms in total. The Morgan fingerprint density at radius 2 is 2.05 bits per heavy atom. The minimum Gasteiger partial charge on any atom is -0.398 e. The molecule has 0 spiro atoms. The number of benzene rings is 1. The molecule has 1 fully saturated rings. The highest BCUT2D eigenvalue weighted by atomic mass is 32.2. The number of hydrogen-bond acceptors (Lipinski definition) is 5. The van der Waals surface area contributed by atoms with Gasteiger partial charge in [0.1, 0.15) is 4.90 Å². The normalized spacial score (nSPS) is 17.0. The van der Waals surface area contributed by atoms with E-state index in [0.29, 0.717) is 5.56 Å². The second kappa shape index (κ2) is 5.82. The van der Waals surface area contributed by atoms with Crippen LogP contribution in [0.25, 0.3) is 0 Å². The Hall–Kier alpha value is -1.23. The number of sulfonamides is 1. The van der Waals surface area contributed by atoms with Crippen molar-refractivity contribution in [2.75, 3.05) is 17.2 Å². The molecule has 0 bridgehead atoms. The van der Waals surface area contributed by atoms with Gasteiger partial charge in [0.25, 0.3) is 0 Å². The van der Waals surface area contributed by atoms with Crippen molar-refractivity contribution in [1.29, 1.82) is 5.26 Å². The smallest absolute Gasteiger partial charge is 0.242 e. The molecular weight excluding hydrogens is 282 g/mol. The highest BCUT2D eigenvalue weighted by Gasteiger charge is 2.23. The highest BCUT2D eigenvalue weighted by molar-refractivity contribution is 7.99. The van der Waals surface area contributed by atoms with Crippen molar-refractivity contribution >= 4 is 27.5 Å². The van der Waals surface area contributed by atoms with Crippen LogP contribution in [0.5, 0.6) is 0 Å². The van der Waals surface area contributed by atoms with E-state index in [4.69, 9.17) is 11.0 Å². The molecule has 0 radical (unpaired) electrons. The zero-order valence-corrected chi connectivity index (χ0v) is 11.9. The lowest BCUT2D eigenvalue weighted by Crippen LogP contribution is -2.37. The zero-order chi connectivity index (χ0) is 13.9. The van der Waals surface area contributed by atoms with Crippen LogP contribution in [0, 0.1) is 11.3 Å². The summed E-state index contributed by atoms with van der Waals surface area (Å²) >= 11 is 1.83. The number of anilines is 1. The average molecular weight is 297 g/mol. The molecule has 19 heavy (non-hydrogen) atoms. The van der Waals surface area contributed by atoms with E-state index in [2.05, 4.69) is 4.72 Å². The molecule has 1 aromatic carbocycles. The topological polar surface area (TPSA) is 96.0 Å². The van der Waals surface area contributed by atoms with E-state index in [1.54, 1.807) is 0 Å². The maximum atomic E-state index is 12.2. The third kappa shape index (κ3) is 3.41. The summed E-state index contributed by atoms with van der Waals surface area (Å²) in [7, 11) is -3.61. The van der Waals surface area contributed by atoms with Crippen LogP contribution in [0.2, 0.25) is 0 Å². The molecule has 1 heterocycles. The first-order valence-corrected chi connectivity index (χ1v) is 8.56. The third-order valence-corrected chi connectivity index (χ3v) is 5.61. The second-order valence-electron chi connectivity index (χ2n) is 4.37. The summed E-state index contributed by atoms with van der Waals surface area (Å²) < 4.78 is 27.2. The van der Waals surface area contributed by atoms with E-state index in [-0.39, 0.29) is 16.6 Å². The standard InChI is InChI=1S/C12H15N3O2S2/c13-8-9-1-2-12(11(14)7-9)19(16,17)15-10-3-5-18-6-4-10/h1-2,7,10,15H,3-6,14H2. The van der Waals surface area contributed by atoms with Crippen molar-refractivity contribution in [2.45, 2.75) is 23.8 Å². The predicted molar refractivity (Wildman–Crippen MR) is 76.2 cm³/mol. The fourth-order valence-corrected chi connectivity index (χ4v) is 4.49. The van der Waals surface area contributed by atoms with Gasteiger partial charge in [-0.1, -0.05) is 0 Å². The molecule has 0 saturated carbocycles. The molecule has 3 N–H and O–H groups in total. The van der Waals surface area contributed by atoms with Gasteiger partial charge in [0.15, 0.2) is 0 Å². The maximum Gasteiger partial charge on any atom is 0.242 e. The van der Waals surface area contributed by atoms with E-state index in [9.17, 15) is 8.42 Å². The van der Waals surface area contributed by atoms with Gasteiger partial charge in [-0.25, -0.2) is 13.1 Å². The molecule has 7 heteroatoms. The van der Waals surface area contributed by atoms with Gasteiger partial charge < -0.3 is 5.73 Å². The van der Waals surface area contributed by atoms with E-state index >= 15 is 0 Å². The van der Waals surface area contributed by atoms with Crippen molar-refractivity contribution in [2.24, 2.45) is 0 Å². The summed E-state index contributed by atoms with van der Waals surface area (Å²) in [5.41, 5.74) is 6.17. The first-order valence-electron chi connectivity index (χ1n) is 5.92. The van der Waals surface area contributed by atoms with Crippen LogP contribution in [0.15, 0.2) is 23.1 Å². The summed E-state index contributed by atoms with van der Waals surface area (Å²) in [6.45, 7) is 0. The van der Waals surface area contributed by atoms with Crippen LogP contribution < -0.4 is 10.5 Å². The maximum absolute atomic E-state index is 12.2. The summed E-state index contributed by atoms with van der Waals surface area (Å²) in [5.74, 6) is 1.94. The van der Waals surface area contributed by atoms with Crippen LogP contribution in [-0.4, -0.2) is 26.0 Å². The average Bonchev–Trinajstić information content (AvgIpc) is 2.38. The quantitative estimate of drug-likeness (QED) is 0.820. The molecule has 1 aliphatic heterocycles. The van der Waals surface area contributed by atoms with Crippen LogP contribution >= 0.6 is 11.8 Å². The van der Waals surface area contributed by atoms with Crippen LogP contribution in [0.1, 0.15) is 18.4 Å². The lowest BCUT2D eigenvalue weighted by atomic mass is 10.2. The largest absolute Gasteiger partial charge is 0.398 e. The molecule has 1 saturated heterocycles. The lowest BCUT2D eigenvalue weighted by Gasteiger charge is -2.22. The molecule has 0 aliphatic carbocycles. The van der Waals surface area contributed by atoms with Crippen molar-refractivity contribution in [3.8, 4) is 6.07 Å². The minimum atomic E-state index is -3.61. The number of nitrogens with two attached hydrogens (primary N) is 1. The monoisotopic (exact) mass is 297 g/mol. The molecule has 0 amide bonds. The van der Waals surface area contributed by atoms with Crippen LogP contribution in [0.3, 0.4) is 0 Å². The van der Waals surface area contributed by atoms with Gasteiger partial charge in [0, 0.05) is 6.04 Å². The fourth-order valence-electron chi connectivity index (χ4n) is 1.96. The van der Waals surface area contributed by atoms with Crippen molar-refractivity contribution < 1.29 is 8.42 Å². The summed E-state index contributed by atoms with van der Waals surface area (Å²) in [4.78, 5) is 0.0460. The van der Waals surface area contributed by atoms with E-state index in [0.717, 1.165) is 24.3 Å². The van der Waals surface area contributed by atoms with Gasteiger partial charge in [0.05, 0.1) is 17.3 Å². The predicted octanol–water partition coefficient (Wildman–Crippen LogP) is 1.31. The third-order valence-electron chi connectivity index (χ3n) is 2.97. The summed E-state index contributed by atoms with van der Waals surface area (Å²) in [6, 6.07) is 6.13. The molecule has 0 atom stereocenters. The molecule has 1 aliphatic rings. The SMILES string of the molecule is N#Cc1ccc(S(=O)(=O)NC2CCSCC2)c(N)c1. The van der Waals surface area contributed by atoms with Gasteiger partial charge in [-0.3, -0.25) is 0 Å². The Morgan fingerprint density at radius 1 is 1.37 bits per heavy atom. The van der Waals surface area contributed by atoms with Gasteiger partial charge in [-0.15, -0.1) is 0 Å². The molecule has 1 aromatic rings. The fraction of sp³-hybridized carbons (Fsp3) is 0.417. The number of nitrogen functional groups attached to an aromatic ring is 1. The number of rotatable bonds is 3. The number of nitriles is 1. The van der Waals surface area contributed by atoms with Crippen LogP contribution in [-0.2, 0) is 10.0 Å². The first kappa shape index (κ1) is 14.2.